The molecule has 0 unspecified atom stereocenters. The Morgan fingerprint density at radius 3 is 2.57 bits per heavy atom. The van der Waals surface area contributed by atoms with Crippen molar-refractivity contribution in [1.82, 2.24) is 15.2 Å². The summed E-state index contributed by atoms with van der Waals surface area (Å²) in [6, 6.07) is 6.38. The maximum absolute atomic E-state index is 10.9. The Morgan fingerprint density at radius 1 is 1.21 bits per heavy atom. The fourth-order valence-electron chi connectivity index (χ4n) is 1.08. The van der Waals surface area contributed by atoms with Crippen molar-refractivity contribution in [3.05, 3.63) is 40.9 Å². The van der Waals surface area contributed by atoms with Gasteiger partial charge in [-0.2, -0.15) is 10.1 Å². The van der Waals surface area contributed by atoms with Crippen molar-refractivity contribution in [2.24, 2.45) is 0 Å². The zero-order chi connectivity index (χ0) is 9.97. The summed E-state index contributed by atoms with van der Waals surface area (Å²) in [4.78, 5) is 14.6. The quantitative estimate of drug-likeness (QED) is 0.686. The summed E-state index contributed by atoms with van der Waals surface area (Å²) in [5, 5.41) is 14.9. The number of aromatic hydroxyl groups is 1. The van der Waals surface area contributed by atoms with Crippen molar-refractivity contribution in [2.75, 3.05) is 0 Å². The van der Waals surface area contributed by atoms with Gasteiger partial charge in [0.1, 0.15) is 5.75 Å². The van der Waals surface area contributed by atoms with E-state index in [9.17, 15) is 4.79 Å². The van der Waals surface area contributed by atoms with Crippen molar-refractivity contribution in [2.45, 2.75) is 0 Å². The lowest BCUT2D eigenvalue weighted by atomic mass is 10.1. The summed E-state index contributed by atoms with van der Waals surface area (Å²) in [6.45, 7) is 0. The smallest absolute Gasteiger partial charge is 0.361 e. The SMILES string of the molecule is O=c1nc(-c2ccc(O)cc2)cn[nH]1. The van der Waals surface area contributed by atoms with E-state index in [0.29, 0.717) is 5.69 Å². The van der Waals surface area contributed by atoms with Crippen LogP contribution in [-0.2, 0) is 0 Å². The van der Waals surface area contributed by atoms with Crippen LogP contribution in [0.25, 0.3) is 11.3 Å². The summed E-state index contributed by atoms with van der Waals surface area (Å²) >= 11 is 0. The first-order valence-electron chi connectivity index (χ1n) is 3.97. The van der Waals surface area contributed by atoms with E-state index in [-0.39, 0.29) is 5.75 Å². The van der Waals surface area contributed by atoms with Gasteiger partial charge in [0.2, 0.25) is 0 Å². The first-order valence-corrected chi connectivity index (χ1v) is 3.97. The molecule has 1 heterocycles. The number of phenolic OH excluding ortho intramolecular Hbond substituents is 1. The Bertz CT molecular complexity index is 490. The van der Waals surface area contributed by atoms with Gasteiger partial charge in [0, 0.05) is 5.56 Å². The van der Waals surface area contributed by atoms with Gasteiger partial charge in [0.15, 0.2) is 0 Å². The topological polar surface area (TPSA) is 78.9 Å². The molecule has 0 aliphatic rings. The fourth-order valence-corrected chi connectivity index (χ4v) is 1.08. The van der Waals surface area contributed by atoms with E-state index in [2.05, 4.69) is 15.2 Å². The molecule has 2 N–H and O–H groups in total. The molecule has 0 atom stereocenters. The second-order valence-corrected chi connectivity index (χ2v) is 2.72. The normalized spacial score (nSPS) is 10.0. The first kappa shape index (κ1) is 8.43. The molecule has 0 bridgehead atoms. The predicted octanol–water partition coefficient (Wildman–Crippen LogP) is 0.537. The fraction of sp³-hybridized carbons (Fsp3) is 0. The monoisotopic (exact) mass is 189 g/mol. The minimum Gasteiger partial charge on any atom is -0.508 e. The number of benzene rings is 1. The molecular formula is C9H7N3O2. The molecule has 0 amide bonds. The van der Waals surface area contributed by atoms with Crippen LogP contribution in [-0.4, -0.2) is 20.3 Å². The third-order valence-corrected chi connectivity index (χ3v) is 1.73. The standard InChI is InChI=1S/C9H7N3O2/c13-7-3-1-6(2-4-7)8-5-10-12-9(14)11-8/h1-5,13H,(H,11,12,14). The van der Waals surface area contributed by atoms with Crippen LogP contribution in [0.3, 0.4) is 0 Å². The molecule has 0 aliphatic heterocycles. The summed E-state index contributed by atoms with van der Waals surface area (Å²) in [5.74, 6) is 0.173. The predicted molar refractivity (Wildman–Crippen MR) is 49.8 cm³/mol. The van der Waals surface area contributed by atoms with Crippen LogP contribution in [0.15, 0.2) is 35.3 Å². The number of aromatic amines is 1. The van der Waals surface area contributed by atoms with Crippen LogP contribution < -0.4 is 5.69 Å². The minimum atomic E-state index is -0.490. The molecule has 0 aliphatic carbocycles. The van der Waals surface area contributed by atoms with Crippen LogP contribution in [0.1, 0.15) is 0 Å². The highest BCUT2D eigenvalue weighted by molar-refractivity contribution is 5.58. The van der Waals surface area contributed by atoms with E-state index >= 15 is 0 Å². The number of H-pyrrole nitrogens is 1. The minimum absolute atomic E-state index is 0.173. The van der Waals surface area contributed by atoms with Crippen molar-refractivity contribution < 1.29 is 5.11 Å². The molecule has 0 radical (unpaired) electrons. The van der Waals surface area contributed by atoms with Crippen molar-refractivity contribution in [1.29, 1.82) is 0 Å². The molecule has 0 fully saturated rings. The van der Waals surface area contributed by atoms with Gasteiger partial charge in [0.25, 0.3) is 0 Å². The highest BCUT2D eigenvalue weighted by atomic mass is 16.3. The third kappa shape index (κ3) is 1.61. The largest absolute Gasteiger partial charge is 0.508 e. The maximum atomic E-state index is 10.9. The van der Waals surface area contributed by atoms with Gasteiger partial charge in [0.05, 0.1) is 11.9 Å². The molecule has 14 heavy (non-hydrogen) atoms. The van der Waals surface area contributed by atoms with Gasteiger partial charge in [-0.15, -0.1) is 0 Å². The van der Waals surface area contributed by atoms with Gasteiger partial charge in [-0.3, -0.25) is 0 Å². The number of hydrogen-bond acceptors (Lipinski definition) is 4. The van der Waals surface area contributed by atoms with Crippen molar-refractivity contribution >= 4 is 0 Å². The van der Waals surface area contributed by atoms with E-state index in [4.69, 9.17) is 5.11 Å². The van der Waals surface area contributed by atoms with Crippen molar-refractivity contribution in [3.63, 3.8) is 0 Å². The summed E-state index contributed by atoms with van der Waals surface area (Å²) < 4.78 is 0. The molecule has 1 aromatic carbocycles. The van der Waals surface area contributed by atoms with Gasteiger partial charge in [-0.25, -0.2) is 9.89 Å². The summed E-state index contributed by atoms with van der Waals surface area (Å²) in [6.07, 6.45) is 1.45. The lowest BCUT2D eigenvalue weighted by molar-refractivity contribution is 0.475. The van der Waals surface area contributed by atoms with Crippen LogP contribution in [0.5, 0.6) is 5.75 Å². The number of hydrogen-bond donors (Lipinski definition) is 2. The molecule has 2 rings (SSSR count). The number of aromatic nitrogens is 3. The van der Waals surface area contributed by atoms with Gasteiger partial charge in [-0.05, 0) is 24.3 Å². The molecule has 5 heteroatoms. The Labute approximate surface area is 79.1 Å². The first-order chi connectivity index (χ1) is 6.75. The second kappa shape index (κ2) is 3.29. The Balaban J connectivity index is 2.50. The van der Waals surface area contributed by atoms with Gasteiger partial charge >= 0.3 is 5.69 Å². The Morgan fingerprint density at radius 2 is 1.93 bits per heavy atom. The van der Waals surface area contributed by atoms with Crippen LogP contribution in [0.2, 0.25) is 0 Å². The maximum Gasteiger partial charge on any atom is 0.361 e. The highest BCUT2D eigenvalue weighted by Gasteiger charge is 1.99. The lowest BCUT2D eigenvalue weighted by Crippen LogP contribution is -2.11. The summed E-state index contributed by atoms with van der Waals surface area (Å²) in [5.41, 5.74) is 0.728. The van der Waals surface area contributed by atoms with Gasteiger partial charge in [-0.1, -0.05) is 0 Å². The number of phenols is 1. The van der Waals surface area contributed by atoms with E-state index < -0.39 is 5.69 Å². The zero-order valence-electron chi connectivity index (χ0n) is 7.14. The van der Waals surface area contributed by atoms with E-state index in [0.717, 1.165) is 5.56 Å². The number of nitrogens with one attached hydrogen (secondary N) is 1. The third-order valence-electron chi connectivity index (χ3n) is 1.73. The zero-order valence-corrected chi connectivity index (χ0v) is 7.14. The highest BCUT2D eigenvalue weighted by Crippen LogP contribution is 2.17. The van der Waals surface area contributed by atoms with E-state index in [1.807, 2.05) is 0 Å². The average Bonchev–Trinajstić information content (AvgIpc) is 2.19. The number of rotatable bonds is 1. The molecule has 5 nitrogen and oxygen atoms in total. The Hall–Kier alpha value is -2.17. The lowest BCUT2D eigenvalue weighted by Gasteiger charge is -1.98. The molecule has 70 valence electrons. The van der Waals surface area contributed by atoms with E-state index in [1.165, 1.54) is 18.3 Å². The molecule has 0 saturated carbocycles. The average molecular weight is 189 g/mol. The van der Waals surface area contributed by atoms with Crippen LogP contribution in [0.4, 0.5) is 0 Å². The molecular weight excluding hydrogens is 182 g/mol. The molecule has 0 saturated heterocycles. The van der Waals surface area contributed by atoms with Crippen LogP contribution in [0, 0.1) is 0 Å². The molecule has 1 aromatic heterocycles. The number of nitrogens with zero attached hydrogens (tertiary/aromatic N) is 2. The summed E-state index contributed by atoms with van der Waals surface area (Å²) in [7, 11) is 0. The van der Waals surface area contributed by atoms with E-state index in [1.54, 1.807) is 12.1 Å². The molecule has 0 spiro atoms. The van der Waals surface area contributed by atoms with Gasteiger partial charge < -0.3 is 5.11 Å². The van der Waals surface area contributed by atoms with Crippen LogP contribution >= 0.6 is 0 Å². The Kier molecular flexibility index (Phi) is 1.98. The van der Waals surface area contributed by atoms with Crippen molar-refractivity contribution in [3.8, 4) is 17.0 Å². The second-order valence-electron chi connectivity index (χ2n) is 2.72. The molecule has 2 aromatic rings.